The van der Waals surface area contributed by atoms with E-state index in [1.54, 1.807) is 25.3 Å². The predicted octanol–water partition coefficient (Wildman–Crippen LogP) is 2.10. The number of carbonyl (C=O) groups excluding carboxylic acids is 1. The quantitative estimate of drug-likeness (QED) is 0.723. The molecular formula is C14H19N3O4. The number of hydrogen-bond donors (Lipinski definition) is 0. The molecule has 0 N–H and O–H groups in total. The molecule has 2 aromatic rings. The summed E-state index contributed by atoms with van der Waals surface area (Å²) in [5.74, 6) is 1.11. The Labute approximate surface area is 122 Å². The fraction of sp³-hybridized carbons (Fsp3) is 0.500. The summed E-state index contributed by atoms with van der Waals surface area (Å²) in [6.45, 7) is 6.69. The lowest BCUT2D eigenvalue weighted by atomic mass is 10.3. The molecule has 0 unspecified atom stereocenters. The van der Waals surface area contributed by atoms with Gasteiger partial charge in [-0.25, -0.2) is 0 Å². The molecule has 0 atom stereocenters. The van der Waals surface area contributed by atoms with Crippen molar-refractivity contribution in [3.05, 3.63) is 24.3 Å². The van der Waals surface area contributed by atoms with Crippen molar-refractivity contribution in [1.29, 1.82) is 0 Å². The second-order valence-corrected chi connectivity index (χ2v) is 4.79. The topological polar surface area (TPSA) is 81.6 Å². The second kappa shape index (κ2) is 7.03. The van der Waals surface area contributed by atoms with Crippen LogP contribution in [-0.4, -0.2) is 40.2 Å². The normalized spacial score (nSPS) is 11.3. The van der Waals surface area contributed by atoms with Crippen LogP contribution in [0.4, 0.5) is 0 Å². The van der Waals surface area contributed by atoms with Crippen LogP contribution in [0.5, 0.6) is 0 Å². The third kappa shape index (κ3) is 4.16. The highest BCUT2D eigenvalue weighted by molar-refractivity contribution is 5.71. The van der Waals surface area contributed by atoms with E-state index >= 15 is 0 Å². The van der Waals surface area contributed by atoms with Gasteiger partial charge in [0.25, 0.3) is 0 Å². The van der Waals surface area contributed by atoms with Gasteiger partial charge < -0.3 is 13.7 Å². The summed E-state index contributed by atoms with van der Waals surface area (Å²) < 4.78 is 15.4. The summed E-state index contributed by atoms with van der Waals surface area (Å²) in [5, 5.41) is 3.86. The van der Waals surface area contributed by atoms with E-state index in [9.17, 15) is 4.79 Å². The summed E-state index contributed by atoms with van der Waals surface area (Å²) in [6.07, 6.45) is 1.55. The smallest absolute Gasteiger partial charge is 0.320 e. The van der Waals surface area contributed by atoms with Crippen molar-refractivity contribution in [3.8, 4) is 11.6 Å². The number of aromatic nitrogens is 2. The lowest BCUT2D eigenvalue weighted by Crippen LogP contribution is -2.36. The van der Waals surface area contributed by atoms with E-state index in [0.29, 0.717) is 30.6 Å². The molecule has 114 valence electrons. The van der Waals surface area contributed by atoms with Gasteiger partial charge in [0.1, 0.15) is 0 Å². The minimum Gasteiger partial charge on any atom is -0.465 e. The zero-order chi connectivity index (χ0) is 15.2. The van der Waals surface area contributed by atoms with Gasteiger partial charge in [0.05, 0.1) is 26.0 Å². The van der Waals surface area contributed by atoms with E-state index in [2.05, 4.69) is 10.1 Å². The molecule has 0 radical (unpaired) electrons. The van der Waals surface area contributed by atoms with Crippen LogP contribution < -0.4 is 0 Å². The molecule has 0 fully saturated rings. The summed E-state index contributed by atoms with van der Waals surface area (Å²) in [4.78, 5) is 17.8. The molecule has 0 amide bonds. The average molecular weight is 293 g/mol. The standard InChI is InChI=1S/C14H19N3O4/c1-4-19-13(18)9-17(10(2)3)8-12-15-14(16-21-12)11-6-5-7-20-11/h5-7,10H,4,8-9H2,1-3H3. The number of furan rings is 1. The number of carbonyl (C=O) groups is 1. The van der Waals surface area contributed by atoms with Crippen molar-refractivity contribution in [3.63, 3.8) is 0 Å². The first-order chi connectivity index (χ1) is 10.1. The van der Waals surface area contributed by atoms with Crippen molar-refractivity contribution in [2.75, 3.05) is 13.2 Å². The van der Waals surface area contributed by atoms with Gasteiger partial charge in [0, 0.05) is 6.04 Å². The van der Waals surface area contributed by atoms with Crippen molar-refractivity contribution >= 4 is 5.97 Å². The molecule has 2 aromatic heterocycles. The third-order valence-electron chi connectivity index (χ3n) is 2.92. The Morgan fingerprint density at radius 3 is 2.90 bits per heavy atom. The lowest BCUT2D eigenvalue weighted by molar-refractivity contribution is -0.145. The number of hydrogen-bond acceptors (Lipinski definition) is 7. The fourth-order valence-electron chi connectivity index (χ4n) is 1.79. The van der Waals surface area contributed by atoms with Gasteiger partial charge in [-0.3, -0.25) is 9.69 Å². The molecule has 0 aliphatic carbocycles. The van der Waals surface area contributed by atoms with Crippen LogP contribution in [-0.2, 0) is 16.1 Å². The zero-order valence-electron chi connectivity index (χ0n) is 12.4. The minimum absolute atomic E-state index is 0.147. The van der Waals surface area contributed by atoms with Gasteiger partial charge in [-0.15, -0.1) is 0 Å². The van der Waals surface area contributed by atoms with Gasteiger partial charge in [-0.05, 0) is 32.9 Å². The van der Waals surface area contributed by atoms with E-state index in [4.69, 9.17) is 13.7 Å². The molecule has 0 aromatic carbocycles. The van der Waals surface area contributed by atoms with Crippen LogP contribution in [0.25, 0.3) is 11.6 Å². The Bertz CT molecular complexity index is 563. The van der Waals surface area contributed by atoms with Crippen LogP contribution in [0.15, 0.2) is 27.3 Å². The summed E-state index contributed by atoms with van der Waals surface area (Å²) in [5.41, 5.74) is 0. The van der Waals surface area contributed by atoms with E-state index < -0.39 is 0 Å². The van der Waals surface area contributed by atoms with Crippen LogP contribution in [0.2, 0.25) is 0 Å². The van der Waals surface area contributed by atoms with Crippen molar-refractivity contribution in [2.24, 2.45) is 0 Å². The summed E-state index contributed by atoms with van der Waals surface area (Å²) in [6, 6.07) is 3.66. The molecule has 0 saturated carbocycles. The molecule has 7 heteroatoms. The van der Waals surface area contributed by atoms with Crippen molar-refractivity contribution in [2.45, 2.75) is 33.4 Å². The number of rotatable bonds is 7. The van der Waals surface area contributed by atoms with E-state index in [1.807, 2.05) is 18.7 Å². The predicted molar refractivity (Wildman–Crippen MR) is 74.2 cm³/mol. The van der Waals surface area contributed by atoms with Gasteiger partial charge in [0.2, 0.25) is 11.7 Å². The Morgan fingerprint density at radius 1 is 1.48 bits per heavy atom. The fourth-order valence-corrected chi connectivity index (χ4v) is 1.79. The van der Waals surface area contributed by atoms with Crippen molar-refractivity contribution in [1.82, 2.24) is 15.0 Å². The lowest BCUT2D eigenvalue weighted by Gasteiger charge is -2.23. The highest BCUT2D eigenvalue weighted by atomic mass is 16.5. The Kier molecular flexibility index (Phi) is 5.10. The van der Waals surface area contributed by atoms with E-state index in [-0.39, 0.29) is 18.6 Å². The molecule has 0 aliphatic heterocycles. The second-order valence-electron chi connectivity index (χ2n) is 4.79. The van der Waals surface area contributed by atoms with E-state index in [0.717, 1.165) is 0 Å². The third-order valence-corrected chi connectivity index (χ3v) is 2.92. The number of esters is 1. The SMILES string of the molecule is CCOC(=O)CN(Cc1nc(-c2ccco2)no1)C(C)C. The van der Waals surface area contributed by atoms with Gasteiger partial charge in [0.15, 0.2) is 5.76 Å². The molecule has 2 rings (SSSR count). The molecule has 2 heterocycles. The Hall–Kier alpha value is -2.15. The van der Waals surface area contributed by atoms with Gasteiger partial charge in [-0.2, -0.15) is 4.98 Å². The first kappa shape index (κ1) is 15.2. The maximum atomic E-state index is 11.6. The highest BCUT2D eigenvalue weighted by Crippen LogP contribution is 2.16. The molecule has 0 aliphatic rings. The zero-order valence-corrected chi connectivity index (χ0v) is 12.4. The van der Waals surface area contributed by atoms with Crippen LogP contribution in [0, 0.1) is 0 Å². The summed E-state index contributed by atoms with van der Waals surface area (Å²) in [7, 11) is 0. The monoisotopic (exact) mass is 293 g/mol. The molecule has 0 saturated heterocycles. The van der Waals surface area contributed by atoms with Crippen LogP contribution >= 0.6 is 0 Å². The average Bonchev–Trinajstić information content (AvgIpc) is 3.08. The molecule has 0 bridgehead atoms. The van der Waals surface area contributed by atoms with Gasteiger partial charge in [-0.1, -0.05) is 5.16 Å². The molecule has 0 spiro atoms. The van der Waals surface area contributed by atoms with Crippen LogP contribution in [0.1, 0.15) is 26.7 Å². The minimum atomic E-state index is -0.267. The van der Waals surface area contributed by atoms with E-state index in [1.165, 1.54) is 0 Å². The number of nitrogens with zero attached hydrogens (tertiary/aromatic N) is 3. The summed E-state index contributed by atoms with van der Waals surface area (Å²) >= 11 is 0. The first-order valence-electron chi connectivity index (χ1n) is 6.86. The first-order valence-corrected chi connectivity index (χ1v) is 6.86. The molecular weight excluding hydrogens is 274 g/mol. The van der Waals surface area contributed by atoms with Crippen molar-refractivity contribution < 1.29 is 18.5 Å². The largest absolute Gasteiger partial charge is 0.465 e. The van der Waals surface area contributed by atoms with Crippen LogP contribution in [0.3, 0.4) is 0 Å². The molecule has 7 nitrogen and oxygen atoms in total. The Morgan fingerprint density at radius 2 is 2.29 bits per heavy atom. The highest BCUT2D eigenvalue weighted by Gasteiger charge is 2.19. The maximum absolute atomic E-state index is 11.6. The molecule has 21 heavy (non-hydrogen) atoms. The van der Waals surface area contributed by atoms with Gasteiger partial charge >= 0.3 is 5.97 Å². The maximum Gasteiger partial charge on any atom is 0.320 e. The number of ether oxygens (including phenoxy) is 1. The Balaban J connectivity index is 2.02.